The molecule has 3 aromatic carbocycles. The molecule has 0 aliphatic carbocycles. The van der Waals surface area contributed by atoms with Crippen LogP contribution in [-0.2, 0) is 27.3 Å². The van der Waals surface area contributed by atoms with Gasteiger partial charge >= 0.3 is 11.9 Å². The van der Waals surface area contributed by atoms with Gasteiger partial charge in [-0.1, -0.05) is 84.2 Å². The lowest BCUT2D eigenvalue weighted by Gasteiger charge is -2.39. The zero-order valence-corrected chi connectivity index (χ0v) is 27.8. The molecule has 8 heteroatoms. The number of nitrogens with zero attached hydrogens (tertiary/aromatic N) is 2. The van der Waals surface area contributed by atoms with Crippen molar-refractivity contribution >= 4 is 11.9 Å². The van der Waals surface area contributed by atoms with Crippen LogP contribution in [0.15, 0.2) is 72.3 Å². The number of benzene rings is 3. The van der Waals surface area contributed by atoms with Gasteiger partial charge in [-0.25, -0.2) is 4.79 Å². The normalized spacial score (nSPS) is 15.1. The molecule has 3 aromatic rings. The van der Waals surface area contributed by atoms with Crippen LogP contribution in [0.4, 0.5) is 0 Å². The number of esters is 2. The largest absolute Gasteiger partial charge is 0.496 e. The fourth-order valence-electron chi connectivity index (χ4n) is 6.34. The maximum absolute atomic E-state index is 12.8. The first kappa shape index (κ1) is 33.8. The maximum Gasteiger partial charge on any atom is 0.342 e. The fourth-order valence-corrected chi connectivity index (χ4v) is 6.34. The van der Waals surface area contributed by atoms with Crippen molar-refractivity contribution in [1.29, 1.82) is 0 Å². The maximum atomic E-state index is 12.8. The zero-order chi connectivity index (χ0) is 33.2. The van der Waals surface area contributed by atoms with Gasteiger partial charge in [0.15, 0.2) is 0 Å². The minimum atomic E-state index is -0.400. The highest BCUT2D eigenvalue weighted by Crippen LogP contribution is 2.43. The lowest BCUT2D eigenvalue weighted by Crippen LogP contribution is -2.47. The van der Waals surface area contributed by atoms with Crippen LogP contribution in [0, 0.1) is 18.8 Å². The third-order valence-electron chi connectivity index (χ3n) is 8.95. The van der Waals surface area contributed by atoms with Crippen LogP contribution in [0.2, 0.25) is 0 Å². The van der Waals surface area contributed by atoms with Crippen LogP contribution in [-0.4, -0.2) is 75.3 Å². The van der Waals surface area contributed by atoms with Crippen molar-refractivity contribution < 1.29 is 28.5 Å². The quantitative estimate of drug-likeness (QED) is 0.138. The molecule has 246 valence electrons. The minimum Gasteiger partial charge on any atom is -0.496 e. The summed E-state index contributed by atoms with van der Waals surface area (Å²) in [6.45, 7) is 8.60. The molecule has 0 unspecified atom stereocenters. The molecule has 0 bridgehead atoms. The Labute approximate surface area is 278 Å². The molecule has 0 N–H and O–H groups in total. The average Bonchev–Trinajstić information content (AvgIpc) is 3.50. The van der Waals surface area contributed by atoms with Crippen LogP contribution in [0.3, 0.4) is 0 Å². The number of hydrogen-bond donors (Lipinski definition) is 0. The molecule has 0 radical (unpaired) electrons. The van der Waals surface area contributed by atoms with E-state index in [1.165, 1.54) is 18.2 Å². The van der Waals surface area contributed by atoms with E-state index in [0.717, 1.165) is 48.4 Å². The van der Waals surface area contributed by atoms with Gasteiger partial charge in [0.05, 0.1) is 26.8 Å². The second-order valence-electron chi connectivity index (χ2n) is 11.9. The third kappa shape index (κ3) is 8.23. The summed E-state index contributed by atoms with van der Waals surface area (Å²) in [5.41, 5.74) is 6.50. The van der Waals surface area contributed by atoms with Crippen molar-refractivity contribution in [2.75, 3.05) is 53.6 Å². The summed E-state index contributed by atoms with van der Waals surface area (Å²) in [6.07, 6.45) is 3.39. The number of fused-ring (bicyclic) bond motifs is 1. The lowest BCUT2D eigenvalue weighted by atomic mass is 9.94. The van der Waals surface area contributed by atoms with E-state index in [2.05, 4.69) is 82.3 Å². The highest BCUT2D eigenvalue weighted by atomic mass is 16.5. The minimum absolute atomic E-state index is 0.133. The highest BCUT2D eigenvalue weighted by Gasteiger charge is 2.33. The number of carbonyl (C=O) groups excluding carboxylic acids is 2. The molecular formula is C39H44N2O6. The molecule has 0 amide bonds. The van der Waals surface area contributed by atoms with E-state index in [9.17, 15) is 9.59 Å². The molecule has 2 aliphatic rings. The van der Waals surface area contributed by atoms with Crippen LogP contribution in [0.5, 0.6) is 11.5 Å². The molecule has 2 heterocycles. The molecule has 47 heavy (non-hydrogen) atoms. The second kappa shape index (κ2) is 16.3. The second-order valence-corrected chi connectivity index (χ2v) is 11.9. The summed E-state index contributed by atoms with van der Waals surface area (Å²) < 4.78 is 22.2. The number of cyclic esters (lactones) is 1. The Balaban J connectivity index is 1.24. The monoisotopic (exact) mass is 636 g/mol. The number of hydrogen-bond acceptors (Lipinski definition) is 8. The van der Waals surface area contributed by atoms with E-state index in [1.807, 2.05) is 19.9 Å². The van der Waals surface area contributed by atoms with E-state index in [-0.39, 0.29) is 25.2 Å². The van der Waals surface area contributed by atoms with Crippen LogP contribution >= 0.6 is 0 Å². The van der Waals surface area contributed by atoms with Gasteiger partial charge in [-0.05, 0) is 43.4 Å². The smallest absolute Gasteiger partial charge is 0.342 e. The Bertz CT molecular complexity index is 1590. The molecule has 0 aromatic heterocycles. The number of piperazine rings is 1. The van der Waals surface area contributed by atoms with Crippen molar-refractivity contribution in [1.82, 2.24) is 9.80 Å². The van der Waals surface area contributed by atoms with E-state index in [0.29, 0.717) is 42.9 Å². The number of rotatable bonds is 12. The average molecular weight is 637 g/mol. The van der Waals surface area contributed by atoms with Crippen molar-refractivity contribution in [2.45, 2.75) is 45.8 Å². The molecule has 0 atom stereocenters. The van der Waals surface area contributed by atoms with E-state index >= 15 is 0 Å². The third-order valence-corrected chi connectivity index (χ3v) is 8.95. The Hall–Kier alpha value is -4.58. The first-order valence-electron chi connectivity index (χ1n) is 16.2. The van der Waals surface area contributed by atoms with Gasteiger partial charge in [-0.2, -0.15) is 0 Å². The molecule has 8 nitrogen and oxygen atoms in total. The summed E-state index contributed by atoms with van der Waals surface area (Å²) in [7, 11) is 3.01. The zero-order valence-electron chi connectivity index (χ0n) is 27.8. The predicted molar refractivity (Wildman–Crippen MR) is 182 cm³/mol. The molecule has 0 spiro atoms. The molecule has 1 saturated heterocycles. The van der Waals surface area contributed by atoms with Gasteiger partial charge in [-0.15, -0.1) is 0 Å². The Morgan fingerprint density at radius 3 is 2.21 bits per heavy atom. The topological polar surface area (TPSA) is 77.5 Å². The molecule has 0 saturated carbocycles. The Morgan fingerprint density at radius 2 is 1.60 bits per heavy atom. The standard InChI is InChI=1S/C39H44N2O6/c1-28(18-20-34(42)44-3)17-19-32-37(45-4)29(2)33-27-47-39(43)35(33)38(32)46-26-12-11-21-40-22-24-41(25-23-40)36(30-13-7-5-8-14-30)31-15-9-6-10-16-31/h5-10,13-17,36H,18-27H2,1-4H3/b28-17+. The SMILES string of the molecule is COC(=O)CC/C(C)=C/Cc1c(OC)c(C)c2c(c1OCC#CCN1CCN(C(c3ccccc3)c3ccccc3)CC1)C(=O)OC2. The van der Waals surface area contributed by atoms with Crippen molar-refractivity contribution in [3.05, 3.63) is 106 Å². The predicted octanol–water partition coefficient (Wildman–Crippen LogP) is 5.91. The number of allylic oxidation sites excluding steroid dienone is 2. The van der Waals surface area contributed by atoms with Crippen molar-refractivity contribution in [2.24, 2.45) is 0 Å². The molecule has 1 fully saturated rings. The fraction of sp³-hybridized carbons (Fsp3) is 0.385. The first-order valence-corrected chi connectivity index (χ1v) is 16.2. The number of carbonyl (C=O) groups is 2. The van der Waals surface area contributed by atoms with Gasteiger partial charge < -0.3 is 18.9 Å². The van der Waals surface area contributed by atoms with Crippen LogP contribution < -0.4 is 9.47 Å². The molecule has 2 aliphatic heterocycles. The van der Waals surface area contributed by atoms with Gasteiger partial charge in [0.25, 0.3) is 0 Å². The summed E-state index contributed by atoms with van der Waals surface area (Å²) in [4.78, 5) is 29.4. The van der Waals surface area contributed by atoms with Gasteiger partial charge in [0.2, 0.25) is 0 Å². The summed E-state index contributed by atoms with van der Waals surface area (Å²) >= 11 is 0. The lowest BCUT2D eigenvalue weighted by molar-refractivity contribution is -0.140. The molecule has 5 rings (SSSR count). The van der Waals surface area contributed by atoms with E-state index in [1.54, 1.807) is 7.11 Å². The summed E-state index contributed by atoms with van der Waals surface area (Å²) in [5.74, 6) is 6.93. The Morgan fingerprint density at radius 1 is 0.936 bits per heavy atom. The summed E-state index contributed by atoms with van der Waals surface area (Å²) in [6, 6.07) is 21.6. The van der Waals surface area contributed by atoms with Crippen molar-refractivity contribution in [3.8, 4) is 23.3 Å². The van der Waals surface area contributed by atoms with Gasteiger partial charge in [-0.3, -0.25) is 14.6 Å². The van der Waals surface area contributed by atoms with Crippen LogP contribution in [0.25, 0.3) is 0 Å². The molecular weight excluding hydrogens is 592 g/mol. The number of methoxy groups -OCH3 is 2. The first-order chi connectivity index (χ1) is 22.9. The van der Waals surface area contributed by atoms with Gasteiger partial charge in [0.1, 0.15) is 30.3 Å². The van der Waals surface area contributed by atoms with Gasteiger partial charge in [0, 0.05) is 43.7 Å². The van der Waals surface area contributed by atoms with Crippen LogP contribution in [0.1, 0.15) is 64.0 Å². The Kier molecular flexibility index (Phi) is 11.7. The van der Waals surface area contributed by atoms with E-state index < -0.39 is 5.97 Å². The van der Waals surface area contributed by atoms with Crippen molar-refractivity contribution in [3.63, 3.8) is 0 Å². The number of ether oxygens (including phenoxy) is 4. The van der Waals surface area contributed by atoms with E-state index in [4.69, 9.17) is 18.9 Å². The summed E-state index contributed by atoms with van der Waals surface area (Å²) in [5, 5.41) is 0. The highest BCUT2D eigenvalue weighted by molar-refractivity contribution is 5.98.